The average Bonchev–Trinajstić information content (AvgIpc) is 3.22. The smallest absolute Gasteiger partial charge is 0.261 e. The summed E-state index contributed by atoms with van der Waals surface area (Å²) in [6.07, 6.45) is 0.791. The first-order valence-electron chi connectivity index (χ1n) is 8.13. The Labute approximate surface area is 151 Å². The van der Waals surface area contributed by atoms with E-state index < -0.39 is 0 Å². The first kappa shape index (κ1) is 17.7. The summed E-state index contributed by atoms with van der Waals surface area (Å²) < 4.78 is 10.5. The van der Waals surface area contributed by atoms with Gasteiger partial charge in [-0.25, -0.2) is 0 Å². The topological polar surface area (TPSA) is 93.6 Å². The van der Waals surface area contributed by atoms with Crippen molar-refractivity contribution in [3.05, 3.63) is 34.9 Å². The van der Waals surface area contributed by atoms with Crippen molar-refractivity contribution in [1.29, 1.82) is 0 Å². The van der Waals surface area contributed by atoms with Crippen LogP contribution in [0.2, 0.25) is 5.02 Å². The fraction of sp³-hybridized carbons (Fsp3) is 0.412. The minimum Gasteiger partial charge on any atom is -0.383 e. The van der Waals surface area contributed by atoms with Gasteiger partial charge < -0.3 is 25.2 Å². The minimum absolute atomic E-state index is 0.00712. The van der Waals surface area contributed by atoms with E-state index in [0.717, 1.165) is 12.0 Å². The van der Waals surface area contributed by atoms with Gasteiger partial charge in [0, 0.05) is 43.4 Å². The summed E-state index contributed by atoms with van der Waals surface area (Å²) in [6.45, 7) is 2.17. The van der Waals surface area contributed by atoms with Crippen molar-refractivity contribution in [2.75, 3.05) is 38.7 Å². The lowest BCUT2D eigenvalue weighted by Crippen LogP contribution is -2.32. The van der Waals surface area contributed by atoms with E-state index in [9.17, 15) is 4.79 Å². The average molecular weight is 365 g/mol. The number of nitrogens with zero attached hydrogens (tertiary/aromatic N) is 2. The minimum atomic E-state index is -0.140. The Morgan fingerprint density at radius 2 is 2.24 bits per heavy atom. The van der Waals surface area contributed by atoms with E-state index in [-0.39, 0.29) is 11.9 Å². The van der Waals surface area contributed by atoms with Gasteiger partial charge in [0.25, 0.3) is 5.91 Å². The summed E-state index contributed by atoms with van der Waals surface area (Å²) in [5.74, 6) is 0.689. The van der Waals surface area contributed by atoms with Crippen molar-refractivity contribution < 1.29 is 14.1 Å². The van der Waals surface area contributed by atoms with Crippen molar-refractivity contribution in [3.8, 4) is 11.3 Å². The lowest BCUT2D eigenvalue weighted by atomic mass is 10.1. The highest BCUT2D eigenvalue weighted by Gasteiger charge is 2.31. The number of hydrogen-bond acceptors (Lipinski definition) is 6. The quantitative estimate of drug-likeness (QED) is 0.763. The van der Waals surface area contributed by atoms with Gasteiger partial charge in [-0.1, -0.05) is 16.8 Å². The highest BCUT2D eigenvalue weighted by molar-refractivity contribution is 6.30. The summed E-state index contributed by atoms with van der Waals surface area (Å²) in [5.41, 5.74) is 7.09. The Morgan fingerprint density at radius 3 is 2.88 bits per heavy atom. The number of nitrogens with two attached hydrogens (primary N) is 1. The van der Waals surface area contributed by atoms with Crippen LogP contribution in [-0.4, -0.2) is 55.4 Å². The molecule has 1 saturated heterocycles. The molecular weight excluding hydrogens is 344 g/mol. The SMILES string of the molecule is COCCNc1noc(-c2ccc(Cl)cc2)c1C(=O)N1CC[C@H](N)C1. The van der Waals surface area contributed by atoms with Crippen molar-refractivity contribution in [3.63, 3.8) is 0 Å². The molecular formula is C17H21ClN4O3. The van der Waals surface area contributed by atoms with Crippen LogP contribution in [0, 0.1) is 0 Å². The monoisotopic (exact) mass is 364 g/mol. The third-order valence-electron chi connectivity index (χ3n) is 4.12. The third kappa shape index (κ3) is 3.95. The number of nitrogens with one attached hydrogen (secondary N) is 1. The Bertz CT molecular complexity index is 732. The molecule has 3 rings (SSSR count). The fourth-order valence-corrected chi connectivity index (χ4v) is 2.93. The molecule has 0 unspecified atom stereocenters. The van der Waals surface area contributed by atoms with Gasteiger partial charge in [-0.05, 0) is 30.7 Å². The molecule has 3 N–H and O–H groups in total. The molecule has 0 aliphatic carbocycles. The zero-order valence-electron chi connectivity index (χ0n) is 14.0. The summed E-state index contributed by atoms with van der Waals surface area (Å²) in [7, 11) is 1.61. The van der Waals surface area contributed by atoms with Crippen LogP contribution in [0.5, 0.6) is 0 Å². The molecule has 0 radical (unpaired) electrons. The van der Waals surface area contributed by atoms with Crippen LogP contribution in [0.25, 0.3) is 11.3 Å². The number of likely N-dealkylation sites (tertiary alicyclic amines) is 1. The Kier molecular flexibility index (Phi) is 5.57. The number of rotatable bonds is 6. The van der Waals surface area contributed by atoms with Crippen molar-refractivity contribution in [2.45, 2.75) is 12.5 Å². The summed E-state index contributed by atoms with van der Waals surface area (Å²) >= 11 is 5.95. The highest BCUT2D eigenvalue weighted by atomic mass is 35.5. The van der Waals surface area contributed by atoms with Gasteiger partial charge in [0.1, 0.15) is 5.56 Å². The van der Waals surface area contributed by atoms with Gasteiger partial charge >= 0.3 is 0 Å². The number of carbonyl (C=O) groups excluding carboxylic acids is 1. The molecule has 1 aromatic carbocycles. The Balaban J connectivity index is 1.94. The largest absolute Gasteiger partial charge is 0.383 e. The van der Waals surface area contributed by atoms with Crippen LogP contribution in [0.15, 0.2) is 28.8 Å². The fourth-order valence-electron chi connectivity index (χ4n) is 2.81. The number of ether oxygens (including phenoxy) is 1. The van der Waals surface area contributed by atoms with E-state index in [4.69, 9.17) is 26.6 Å². The molecule has 0 spiro atoms. The van der Waals surface area contributed by atoms with Gasteiger partial charge in [0.2, 0.25) is 0 Å². The van der Waals surface area contributed by atoms with E-state index in [0.29, 0.717) is 48.4 Å². The first-order chi connectivity index (χ1) is 12.1. The van der Waals surface area contributed by atoms with E-state index in [1.165, 1.54) is 0 Å². The van der Waals surface area contributed by atoms with Crippen LogP contribution >= 0.6 is 11.6 Å². The van der Waals surface area contributed by atoms with Crippen LogP contribution in [0.3, 0.4) is 0 Å². The summed E-state index contributed by atoms with van der Waals surface area (Å²) in [6, 6.07) is 7.10. The molecule has 1 aliphatic rings. The molecule has 1 aromatic heterocycles. The van der Waals surface area contributed by atoms with Crippen LogP contribution in [0.4, 0.5) is 5.82 Å². The summed E-state index contributed by atoms with van der Waals surface area (Å²) in [5, 5.41) is 7.75. The molecule has 1 amide bonds. The standard InChI is InChI=1S/C17H21ClN4O3/c1-24-9-7-20-16-14(17(23)22-8-6-13(19)10-22)15(25-21-16)11-2-4-12(18)5-3-11/h2-5,13H,6-10,19H2,1H3,(H,20,21)/t13-/m0/s1. The molecule has 1 atom stereocenters. The van der Waals surface area contributed by atoms with Crippen molar-refractivity contribution in [2.24, 2.45) is 5.73 Å². The van der Waals surface area contributed by atoms with E-state index in [2.05, 4.69) is 10.5 Å². The number of methoxy groups -OCH3 is 1. The van der Waals surface area contributed by atoms with Gasteiger partial charge in [0.15, 0.2) is 11.6 Å². The first-order valence-corrected chi connectivity index (χ1v) is 8.51. The van der Waals surface area contributed by atoms with Crippen LogP contribution in [0.1, 0.15) is 16.8 Å². The molecule has 0 bridgehead atoms. The number of hydrogen-bond donors (Lipinski definition) is 2. The van der Waals surface area contributed by atoms with Gasteiger partial charge in [-0.3, -0.25) is 4.79 Å². The van der Waals surface area contributed by atoms with Crippen molar-refractivity contribution >= 4 is 23.3 Å². The molecule has 2 heterocycles. The van der Waals surface area contributed by atoms with Gasteiger partial charge in [-0.15, -0.1) is 0 Å². The zero-order valence-corrected chi connectivity index (χ0v) is 14.8. The van der Waals surface area contributed by atoms with E-state index in [1.807, 2.05) is 0 Å². The Hall–Kier alpha value is -2.09. The lowest BCUT2D eigenvalue weighted by Gasteiger charge is -2.16. The second kappa shape index (κ2) is 7.86. The molecule has 2 aromatic rings. The second-order valence-corrected chi connectivity index (χ2v) is 6.40. The molecule has 0 saturated carbocycles. The molecule has 8 heteroatoms. The van der Waals surface area contributed by atoms with Crippen LogP contribution in [-0.2, 0) is 4.74 Å². The number of anilines is 1. The number of halogens is 1. The maximum Gasteiger partial charge on any atom is 0.261 e. The molecule has 25 heavy (non-hydrogen) atoms. The molecule has 7 nitrogen and oxygen atoms in total. The number of amides is 1. The van der Waals surface area contributed by atoms with E-state index in [1.54, 1.807) is 36.3 Å². The number of carbonyl (C=O) groups is 1. The number of aromatic nitrogens is 1. The second-order valence-electron chi connectivity index (χ2n) is 5.96. The maximum absolute atomic E-state index is 13.0. The zero-order chi connectivity index (χ0) is 17.8. The lowest BCUT2D eigenvalue weighted by molar-refractivity contribution is 0.0792. The van der Waals surface area contributed by atoms with E-state index >= 15 is 0 Å². The molecule has 1 aliphatic heterocycles. The number of benzene rings is 1. The molecule has 1 fully saturated rings. The predicted octanol–water partition coefficient (Wildman–Crippen LogP) is 2.23. The predicted molar refractivity (Wildman–Crippen MR) is 95.8 cm³/mol. The van der Waals surface area contributed by atoms with Gasteiger partial charge in [-0.2, -0.15) is 0 Å². The normalized spacial score (nSPS) is 17.1. The van der Waals surface area contributed by atoms with Gasteiger partial charge in [0.05, 0.1) is 6.61 Å². The van der Waals surface area contributed by atoms with Crippen molar-refractivity contribution in [1.82, 2.24) is 10.1 Å². The highest BCUT2D eigenvalue weighted by Crippen LogP contribution is 2.32. The summed E-state index contributed by atoms with van der Waals surface area (Å²) in [4.78, 5) is 14.8. The third-order valence-corrected chi connectivity index (χ3v) is 4.37. The molecule has 134 valence electrons. The van der Waals surface area contributed by atoms with Crippen LogP contribution < -0.4 is 11.1 Å². The Morgan fingerprint density at radius 1 is 1.48 bits per heavy atom. The maximum atomic E-state index is 13.0.